The lowest BCUT2D eigenvalue weighted by molar-refractivity contribution is 0.0203. The van der Waals surface area contributed by atoms with Crippen molar-refractivity contribution in [1.82, 2.24) is 19.6 Å². The molecule has 5 rings (SSSR count). The number of benzene rings is 2. The van der Waals surface area contributed by atoms with Crippen molar-refractivity contribution in [2.45, 2.75) is 59.0 Å². The number of piperidine rings is 1. The number of likely N-dealkylation sites (tertiary alicyclic amines) is 1. The average molecular weight is 578 g/mol. The molecule has 1 aromatic heterocycles. The monoisotopic (exact) mass is 577 g/mol. The topological polar surface area (TPSA) is 70.9 Å². The van der Waals surface area contributed by atoms with Crippen LogP contribution in [0.3, 0.4) is 0 Å². The lowest BCUT2D eigenvalue weighted by Gasteiger charge is -2.37. The summed E-state index contributed by atoms with van der Waals surface area (Å²) in [5.41, 5.74) is 5.48. The predicted octanol–water partition coefficient (Wildman–Crippen LogP) is 6.22. The average Bonchev–Trinajstić information content (AvgIpc) is 3.38. The summed E-state index contributed by atoms with van der Waals surface area (Å²) < 4.78 is 7.42. The molecule has 2 amide bonds. The third-order valence-electron chi connectivity index (χ3n) is 8.13. The molecule has 9 heteroatoms. The summed E-state index contributed by atoms with van der Waals surface area (Å²) in [4.78, 5) is 32.8. The summed E-state index contributed by atoms with van der Waals surface area (Å²) in [5.74, 6) is 0.0381. The molecule has 2 aromatic carbocycles. The van der Waals surface area contributed by atoms with Gasteiger partial charge in [0, 0.05) is 50.9 Å². The van der Waals surface area contributed by atoms with Crippen molar-refractivity contribution in [3.8, 4) is 5.69 Å². The first-order valence-corrected chi connectivity index (χ1v) is 14.8. The van der Waals surface area contributed by atoms with Crippen molar-refractivity contribution in [2.75, 3.05) is 44.2 Å². The van der Waals surface area contributed by atoms with Crippen LogP contribution < -0.4 is 4.90 Å². The van der Waals surface area contributed by atoms with Crippen molar-refractivity contribution in [1.29, 1.82) is 0 Å². The van der Waals surface area contributed by atoms with E-state index < -0.39 is 5.60 Å². The van der Waals surface area contributed by atoms with Gasteiger partial charge >= 0.3 is 6.09 Å². The van der Waals surface area contributed by atoms with Crippen LogP contribution in [0.15, 0.2) is 48.7 Å². The Morgan fingerprint density at radius 3 is 2.20 bits per heavy atom. The van der Waals surface area contributed by atoms with Crippen molar-refractivity contribution in [3.05, 3.63) is 76.1 Å². The van der Waals surface area contributed by atoms with Gasteiger partial charge in [0.15, 0.2) is 0 Å². The molecule has 2 saturated heterocycles. The van der Waals surface area contributed by atoms with Gasteiger partial charge < -0.3 is 19.4 Å². The van der Waals surface area contributed by atoms with E-state index in [1.807, 2.05) is 54.6 Å². The molecule has 0 aliphatic carbocycles. The number of rotatable bonds is 4. The van der Waals surface area contributed by atoms with Gasteiger partial charge in [0.05, 0.1) is 28.2 Å². The van der Waals surface area contributed by atoms with Gasteiger partial charge in [-0.2, -0.15) is 5.10 Å². The quantitative estimate of drug-likeness (QED) is 0.368. The normalized spacial score (nSPS) is 16.7. The number of hydrogen-bond acceptors (Lipinski definition) is 5. The molecule has 0 unspecified atom stereocenters. The molecule has 2 fully saturated rings. The number of hydrogen-bond donors (Lipinski definition) is 0. The first-order valence-electron chi connectivity index (χ1n) is 14.4. The Kier molecular flexibility index (Phi) is 8.32. The number of amides is 2. The molecule has 0 radical (unpaired) electrons. The van der Waals surface area contributed by atoms with Crippen LogP contribution >= 0.6 is 11.6 Å². The fourth-order valence-electron chi connectivity index (χ4n) is 5.79. The van der Waals surface area contributed by atoms with Crippen LogP contribution in [0.1, 0.15) is 66.7 Å². The molecule has 8 nitrogen and oxygen atoms in total. The summed E-state index contributed by atoms with van der Waals surface area (Å²) in [7, 11) is 0. The largest absolute Gasteiger partial charge is 0.444 e. The minimum atomic E-state index is -0.543. The van der Waals surface area contributed by atoms with E-state index in [1.54, 1.807) is 11.1 Å². The Morgan fingerprint density at radius 2 is 1.54 bits per heavy atom. The van der Waals surface area contributed by atoms with Gasteiger partial charge in [-0.05, 0) is 76.8 Å². The molecule has 0 N–H and O–H groups in total. The summed E-state index contributed by atoms with van der Waals surface area (Å²) >= 11 is 6.60. The van der Waals surface area contributed by atoms with Crippen molar-refractivity contribution < 1.29 is 14.3 Å². The zero-order valence-corrected chi connectivity index (χ0v) is 25.4. The number of carbonyl (C=O) groups excluding carboxylic acids is 2. The highest BCUT2D eigenvalue weighted by atomic mass is 35.5. The lowest BCUT2D eigenvalue weighted by atomic mass is 9.90. The Morgan fingerprint density at radius 1 is 0.878 bits per heavy atom. The second-order valence-corrected chi connectivity index (χ2v) is 12.5. The highest BCUT2D eigenvalue weighted by Crippen LogP contribution is 2.35. The molecule has 2 aliphatic heterocycles. The third kappa shape index (κ3) is 6.22. The molecular weight excluding hydrogens is 538 g/mol. The Labute approximate surface area is 247 Å². The van der Waals surface area contributed by atoms with E-state index in [4.69, 9.17) is 21.4 Å². The second kappa shape index (κ2) is 11.8. The number of ether oxygens (including phenoxy) is 1. The van der Waals surface area contributed by atoms with Crippen LogP contribution in [0.25, 0.3) is 5.69 Å². The van der Waals surface area contributed by atoms with Crippen molar-refractivity contribution in [3.63, 3.8) is 0 Å². The van der Waals surface area contributed by atoms with Gasteiger partial charge in [-0.1, -0.05) is 35.9 Å². The van der Waals surface area contributed by atoms with E-state index in [2.05, 4.69) is 36.9 Å². The fraction of sp³-hybridized carbons (Fsp3) is 0.469. The van der Waals surface area contributed by atoms with Crippen molar-refractivity contribution >= 4 is 29.3 Å². The zero-order chi connectivity index (χ0) is 29.3. The Balaban J connectivity index is 1.37. The Bertz CT molecular complexity index is 1410. The van der Waals surface area contributed by atoms with Crippen LogP contribution in [0.4, 0.5) is 10.5 Å². The maximum absolute atomic E-state index is 14.0. The van der Waals surface area contributed by atoms with E-state index in [0.29, 0.717) is 49.6 Å². The van der Waals surface area contributed by atoms with Crippen LogP contribution in [0.2, 0.25) is 5.02 Å². The summed E-state index contributed by atoms with van der Waals surface area (Å²) in [6, 6.07) is 14.0. The summed E-state index contributed by atoms with van der Waals surface area (Å²) in [6.45, 7) is 13.8. The molecule has 0 atom stereocenters. The van der Waals surface area contributed by atoms with Crippen LogP contribution in [0.5, 0.6) is 0 Å². The first kappa shape index (κ1) is 29.0. The standard InChI is InChI=1S/C32H40ClN5O3/c1-22-9-8-12-27(23(22)2)35-17-19-36(20-18-35)30(39)25-21-34-38(28-11-7-6-10-26(28)33)29(25)24-13-15-37(16-14-24)31(40)41-32(3,4)5/h6-12,21,24H,13-20H2,1-5H3. The SMILES string of the molecule is Cc1cccc(N2CCN(C(=O)c3cnn(-c4ccccc4Cl)c3C3CCN(C(=O)OC(C)(C)C)CC3)CC2)c1C. The molecule has 0 spiro atoms. The third-order valence-corrected chi connectivity index (χ3v) is 8.45. The van der Waals surface area contributed by atoms with Gasteiger partial charge in [0.1, 0.15) is 5.60 Å². The van der Waals surface area contributed by atoms with E-state index in [0.717, 1.165) is 24.5 Å². The fourth-order valence-corrected chi connectivity index (χ4v) is 6.01. The van der Waals surface area contributed by atoms with E-state index >= 15 is 0 Å². The molecule has 218 valence electrons. The number of nitrogens with zero attached hydrogens (tertiary/aromatic N) is 5. The smallest absolute Gasteiger partial charge is 0.410 e. The maximum atomic E-state index is 14.0. The minimum absolute atomic E-state index is 0.00603. The van der Waals surface area contributed by atoms with Crippen LogP contribution in [0, 0.1) is 13.8 Å². The van der Waals surface area contributed by atoms with Crippen LogP contribution in [-0.4, -0.2) is 76.5 Å². The highest BCUT2D eigenvalue weighted by Gasteiger charge is 2.34. The first-order chi connectivity index (χ1) is 19.5. The lowest BCUT2D eigenvalue weighted by Crippen LogP contribution is -2.49. The van der Waals surface area contributed by atoms with Crippen molar-refractivity contribution in [2.24, 2.45) is 0 Å². The van der Waals surface area contributed by atoms with Gasteiger partial charge in [0.2, 0.25) is 0 Å². The highest BCUT2D eigenvalue weighted by molar-refractivity contribution is 6.32. The summed E-state index contributed by atoms with van der Waals surface area (Å²) in [6.07, 6.45) is 2.80. The Hall–Kier alpha value is -3.52. The molecule has 3 aromatic rings. The van der Waals surface area contributed by atoms with E-state index in [1.165, 1.54) is 16.8 Å². The second-order valence-electron chi connectivity index (χ2n) is 12.0. The number of aryl methyl sites for hydroxylation is 1. The molecule has 41 heavy (non-hydrogen) atoms. The predicted molar refractivity (Wildman–Crippen MR) is 162 cm³/mol. The maximum Gasteiger partial charge on any atom is 0.410 e. The number of para-hydroxylation sites is 1. The molecular formula is C32H40ClN5O3. The van der Waals surface area contributed by atoms with Gasteiger partial charge in [-0.3, -0.25) is 4.79 Å². The molecule has 0 bridgehead atoms. The van der Waals surface area contributed by atoms with E-state index in [9.17, 15) is 9.59 Å². The number of aromatic nitrogens is 2. The van der Waals surface area contributed by atoms with Gasteiger partial charge in [-0.15, -0.1) is 0 Å². The number of piperazine rings is 1. The molecule has 3 heterocycles. The number of carbonyl (C=O) groups is 2. The summed E-state index contributed by atoms with van der Waals surface area (Å²) in [5, 5.41) is 5.27. The molecule has 0 saturated carbocycles. The van der Waals surface area contributed by atoms with Gasteiger partial charge in [0.25, 0.3) is 5.91 Å². The minimum Gasteiger partial charge on any atom is -0.444 e. The zero-order valence-electron chi connectivity index (χ0n) is 24.7. The van der Waals surface area contributed by atoms with Gasteiger partial charge in [-0.25, -0.2) is 9.48 Å². The molecule has 2 aliphatic rings. The number of anilines is 1. The number of halogens is 1. The van der Waals surface area contributed by atoms with E-state index in [-0.39, 0.29) is 17.9 Å². The van der Waals surface area contributed by atoms with Crippen LogP contribution in [-0.2, 0) is 4.74 Å².